The molecule has 3 heteroatoms. The second-order valence-electron chi connectivity index (χ2n) is 3.47. The highest BCUT2D eigenvalue weighted by Crippen LogP contribution is 2.23. The molecule has 0 atom stereocenters. The highest BCUT2D eigenvalue weighted by atomic mass is 35.5. The predicted octanol–water partition coefficient (Wildman–Crippen LogP) is 4.24. The molecule has 0 unspecified atom stereocenters. The Hall–Kier alpha value is -1.54. The standard InChI is InChI=1S/C13H11ClO2/c1-2-3-4-11(15)13-8-9-7-10(14)5-6-12(9)16-13/h3-8H,2H2,1H3/b4-3+. The number of fused-ring (bicyclic) bond motifs is 1. The Morgan fingerprint density at radius 1 is 1.44 bits per heavy atom. The van der Waals surface area contributed by atoms with Crippen molar-refractivity contribution in [1.82, 2.24) is 0 Å². The van der Waals surface area contributed by atoms with E-state index in [1.165, 1.54) is 6.08 Å². The van der Waals surface area contributed by atoms with Gasteiger partial charge in [0, 0.05) is 10.4 Å². The van der Waals surface area contributed by atoms with Gasteiger partial charge >= 0.3 is 0 Å². The first-order valence-corrected chi connectivity index (χ1v) is 5.48. The lowest BCUT2D eigenvalue weighted by Crippen LogP contribution is -1.89. The molecular weight excluding hydrogens is 224 g/mol. The maximum Gasteiger partial charge on any atom is 0.220 e. The Balaban J connectivity index is 2.39. The summed E-state index contributed by atoms with van der Waals surface area (Å²) < 4.78 is 5.42. The molecule has 0 aliphatic rings. The normalized spacial score (nSPS) is 11.4. The van der Waals surface area contributed by atoms with Gasteiger partial charge in [-0.3, -0.25) is 4.79 Å². The van der Waals surface area contributed by atoms with Crippen molar-refractivity contribution in [1.29, 1.82) is 0 Å². The highest BCUT2D eigenvalue weighted by Gasteiger charge is 2.09. The van der Waals surface area contributed by atoms with E-state index in [1.54, 1.807) is 24.3 Å². The summed E-state index contributed by atoms with van der Waals surface area (Å²) in [5.74, 6) is 0.233. The van der Waals surface area contributed by atoms with Gasteiger partial charge in [-0.1, -0.05) is 24.6 Å². The lowest BCUT2D eigenvalue weighted by atomic mass is 10.2. The molecular formula is C13H11ClO2. The largest absolute Gasteiger partial charge is 0.453 e. The van der Waals surface area contributed by atoms with E-state index in [1.807, 2.05) is 13.0 Å². The van der Waals surface area contributed by atoms with Crippen molar-refractivity contribution in [3.63, 3.8) is 0 Å². The Bertz CT molecular complexity index is 552. The van der Waals surface area contributed by atoms with Crippen molar-refractivity contribution >= 4 is 28.4 Å². The Morgan fingerprint density at radius 2 is 2.25 bits per heavy atom. The van der Waals surface area contributed by atoms with Crippen LogP contribution in [0, 0.1) is 0 Å². The second kappa shape index (κ2) is 4.54. The zero-order valence-corrected chi connectivity index (χ0v) is 9.62. The first-order chi connectivity index (χ1) is 7.70. The number of rotatable bonds is 3. The molecule has 0 saturated carbocycles. The smallest absolute Gasteiger partial charge is 0.220 e. The number of carbonyl (C=O) groups excluding carboxylic acids is 1. The van der Waals surface area contributed by atoms with Crippen LogP contribution in [-0.2, 0) is 0 Å². The minimum Gasteiger partial charge on any atom is -0.453 e. The second-order valence-corrected chi connectivity index (χ2v) is 3.90. The van der Waals surface area contributed by atoms with Gasteiger partial charge in [-0.2, -0.15) is 0 Å². The maximum absolute atomic E-state index is 11.6. The zero-order chi connectivity index (χ0) is 11.5. The molecule has 0 fully saturated rings. The van der Waals surface area contributed by atoms with Gasteiger partial charge in [0.1, 0.15) is 5.58 Å². The van der Waals surface area contributed by atoms with Crippen LogP contribution < -0.4 is 0 Å². The summed E-state index contributed by atoms with van der Waals surface area (Å²) in [6.07, 6.45) is 4.17. The van der Waals surface area contributed by atoms with Crippen molar-refractivity contribution in [2.45, 2.75) is 13.3 Å². The van der Waals surface area contributed by atoms with Crippen LogP contribution in [0.1, 0.15) is 23.9 Å². The summed E-state index contributed by atoms with van der Waals surface area (Å²) in [5, 5.41) is 1.48. The molecule has 1 heterocycles. The molecule has 1 aromatic carbocycles. The quantitative estimate of drug-likeness (QED) is 0.588. The molecule has 0 N–H and O–H groups in total. The molecule has 0 bridgehead atoms. The third-order valence-corrected chi connectivity index (χ3v) is 2.46. The average molecular weight is 235 g/mol. The number of carbonyl (C=O) groups is 1. The van der Waals surface area contributed by atoms with Gasteiger partial charge in [0.2, 0.25) is 5.78 Å². The van der Waals surface area contributed by atoms with Gasteiger partial charge in [-0.15, -0.1) is 0 Å². The Kier molecular flexibility index (Phi) is 3.11. The molecule has 0 aliphatic carbocycles. The van der Waals surface area contributed by atoms with Crippen LogP contribution in [0.15, 0.2) is 40.8 Å². The summed E-state index contributed by atoms with van der Waals surface area (Å²) in [6.45, 7) is 1.97. The van der Waals surface area contributed by atoms with E-state index in [9.17, 15) is 4.79 Å². The third-order valence-electron chi connectivity index (χ3n) is 2.23. The van der Waals surface area contributed by atoms with Gasteiger partial charge in [-0.25, -0.2) is 0 Å². The number of hydrogen-bond donors (Lipinski definition) is 0. The third kappa shape index (κ3) is 2.17. The number of hydrogen-bond acceptors (Lipinski definition) is 2. The molecule has 2 nitrogen and oxygen atoms in total. The first kappa shape index (κ1) is 11.0. The molecule has 0 saturated heterocycles. The number of furan rings is 1. The fourth-order valence-corrected chi connectivity index (χ4v) is 1.62. The van der Waals surface area contributed by atoms with Gasteiger partial charge in [0.15, 0.2) is 5.76 Å². The van der Waals surface area contributed by atoms with Gasteiger partial charge in [0.25, 0.3) is 0 Å². The monoisotopic (exact) mass is 234 g/mol. The van der Waals surface area contributed by atoms with Crippen LogP contribution in [-0.4, -0.2) is 5.78 Å². The zero-order valence-electron chi connectivity index (χ0n) is 8.87. The number of benzene rings is 1. The number of allylic oxidation sites excluding steroid dienone is 2. The minimum atomic E-state index is -0.117. The molecule has 16 heavy (non-hydrogen) atoms. The van der Waals surface area contributed by atoms with E-state index < -0.39 is 0 Å². The van der Waals surface area contributed by atoms with Crippen molar-refractivity contribution < 1.29 is 9.21 Å². The predicted molar refractivity (Wildman–Crippen MR) is 65.0 cm³/mol. The number of halogens is 1. The lowest BCUT2D eigenvalue weighted by Gasteiger charge is -1.88. The van der Waals surface area contributed by atoms with Gasteiger partial charge in [-0.05, 0) is 36.8 Å². The SMILES string of the molecule is CC/C=C/C(=O)c1cc2cc(Cl)ccc2o1. The van der Waals surface area contributed by atoms with E-state index in [-0.39, 0.29) is 5.78 Å². The van der Waals surface area contributed by atoms with E-state index in [0.717, 1.165) is 11.8 Å². The summed E-state index contributed by atoms with van der Waals surface area (Å²) in [5.41, 5.74) is 0.678. The fourth-order valence-electron chi connectivity index (χ4n) is 1.44. The Morgan fingerprint density at radius 3 is 3.00 bits per heavy atom. The molecule has 0 amide bonds. The molecule has 2 rings (SSSR count). The van der Waals surface area contributed by atoms with Crippen molar-refractivity contribution in [3.05, 3.63) is 47.2 Å². The van der Waals surface area contributed by atoms with E-state index in [4.69, 9.17) is 16.0 Å². The highest BCUT2D eigenvalue weighted by molar-refractivity contribution is 6.31. The van der Waals surface area contributed by atoms with Gasteiger partial charge in [0.05, 0.1) is 0 Å². The number of ketones is 1. The van der Waals surface area contributed by atoms with E-state index in [0.29, 0.717) is 16.4 Å². The Labute approximate surface area is 98.5 Å². The van der Waals surface area contributed by atoms with E-state index in [2.05, 4.69) is 0 Å². The summed E-state index contributed by atoms with van der Waals surface area (Å²) in [6, 6.07) is 6.99. The van der Waals surface area contributed by atoms with Crippen molar-refractivity contribution in [2.24, 2.45) is 0 Å². The van der Waals surface area contributed by atoms with Crippen LogP contribution in [0.4, 0.5) is 0 Å². The van der Waals surface area contributed by atoms with Crippen LogP contribution in [0.3, 0.4) is 0 Å². The van der Waals surface area contributed by atoms with Crippen molar-refractivity contribution in [3.8, 4) is 0 Å². The maximum atomic E-state index is 11.6. The first-order valence-electron chi connectivity index (χ1n) is 5.10. The summed E-state index contributed by atoms with van der Waals surface area (Å²) in [7, 11) is 0. The van der Waals surface area contributed by atoms with Crippen LogP contribution in [0.5, 0.6) is 0 Å². The average Bonchev–Trinajstić information content (AvgIpc) is 2.68. The van der Waals surface area contributed by atoms with Crippen LogP contribution in [0.25, 0.3) is 11.0 Å². The molecule has 0 radical (unpaired) electrons. The summed E-state index contributed by atoms with van der Waals surface area (Å²) >= 11 is 5.85. The van der Waals surface area contributed by atoms with Gasteiger partial charge < -0.3 is 4.42 Å². The fraction of sp³-hybridized carbons (Fsp3) is 0.154. The molecule has 0 spiro atoms. The molecule has 1 aromatic heterocycles. The molecule has 0 aliphatic heterocycles. The summed E-state index contributed by atoms with van der Waals surface area (Å²) in [4.78, 5) is 11.6. The topological polar surface area (TPSA) is 30.2 Å². The van der Waals surface area contributed by atoms with E-state index >= 15 is 0 Å². The van der Waals surface area contributed by atoms with Crippen molar-refractivity contribution in [2.75, 3.05) is 0 Å². The van der Waals surface area contributed by atoms with Crippen LogP contribution >= 0.6 is 11.6 Å². The lowest BCUT2D eigenvalue weighted by molar-refractivity contribution is 0.102. The minimum absolute atomic E-state index is 0.117. The molecule has 82 valence electrons. The molecule has 2 aromatic rings. The van der Waals surface area contributed by atoms with Crippen LogP contribution in [0.2, 0.25) is 5.02 Å².